The van der Waals surface area contributed by atoms with E-state index in [1.54, 1.807) is 0 Å². The first-order valence-electron chi connectivity index (χ1n) is 5.48. The Labute approximate surface area is 112 Å². The summed E-state index contributed by atoms with van der Waals surface area (Å²) in [7, 11) is 0. The Bertz CT molecular complexity index is 348. The molecule has 1 rings (SSSR count). The maximum atomic E-state index is 10.7. The molecule has 0 aliphatic carbocycles. The Kier molecular flexibility index (Phi) is 6.97. The van der Waals surface area contributed by atoms with Gasteiger partial charge in [-0.1, -0.05) is 0 Å². The summed E-state index contributed by atoms with van der Waals surface area (Å²) in [6.07, 6.45) is -5.78. The molecule has 1 saturated heterocycles. The molecule has 0 aromatic rings. The van der Waals surface area contributed by atoms with Gasteiger partial charge in [-0.25, -0.2) is 0 Å². The molecule has 0 saturated carbocycles. The van der Waals surface area contributed by atoms with Crippen LogP contribution in [0.5, 0.6) is 0 Å². The maximum Gasteiger partial charge on any atom is 0.430 e. The number of hydrogen-bond donors (Lipinski definition) is 1. The van der Waals surface area contributed by atoms with Crippen molar-refractivity contribution in [2.24, 2.45) is 0 Å². The van der Waals surface area contributed by atoms with Gasteiger partial charge in [0.2, 0.25) is 0 Å². The van der Waals surface area contributed by atoms with Crippen LogP contribution in [0, 0.1) is 0 Å². The molecule has 0 bridgehead atoms. The van der Waals surface area contributed by atoms with E-state index in [-0.39, 0.29) is 24.1 Å². The largest absolute Gasteiger partial charge is 0.542 e. The summed E-state index contributed by atoms with van der Waals surface area (Å²) in [4.78, 5) is 30.1. The van der Waals surface area contributed by atoms with E-state index in [1.165, 1.54) is 13.8 Å². The van der Waals surface area contributed by atoms with Crippen molar-refractivity contribution in [1.29, 1.82) is 0 Å². The summed E-state index contributed by atoms with van der Waals surface area (Å²) in [5.41, 5.74) is 0. The number of carbonyl (C=O) groups excluding carboxylic acids is 3. The van der Waals surface area contributed by atoms with Crippen LogP contribution in [0.4, 0.5) is 13.2 Å². The summed E-state index contributed by atoms with van der Waals surface area (Å²) in [5.74, 6) is -3.68. The van der Waals surface area contributed by atoms with Gasteiger partial charge in [0.05, 0.1) is 0 Å². The van der Waals surface area contributed by atoms with Gasteiger partial charge in [-0.05, 0) is 0 Å². The lowest BCUT2D eigenvalue weighted by molar-refractivity contribution is -0.640. The summed E-state index contributed by atoms with van der Waals surface area (Å²) in [6.45, 7) is 4.03. The molecule has 0 spiro atoms. The number of nitrogens with two attached hydrogens (primary N) is 1. The van der Waals surface area contributed by atoms with Gasteiger partial charge >= 0.3 is 18.1 Å². The van der Waals surface area contributed by atoms with E-state index in [2.05, 4.69) is 0 Å². The smallest absolute Gasteiger partial charge is 0.430 e. The molecule has 0 unspecified atom stereocenters. The van der Waals surface area contributed by atoms with E-state index in [9.17, 15) is 22.8 Å². The minimum Gasteiger partial charge on any atom is -0.542 e. The molecule has 0 amide bonds. The van der Waals surface area contributed by atoms with Gasteiger partial charge in [-0.2, -0.15) is 13.2 Å². The highest BCUT2D eigenvalue weighted by Gasteiger charge is 2.35. The first-order chi connectivity index (χ1) is 9.04. The van der Waals surface area contributed by atoms with Gasteiger partial charge in [-0.3, -0.25) is 9.59 Å². The third kappa shape index (κ3) is 7.56. The summed E-state index contributed by atoms with van der Waals surface area (Å²) in [5, 5.41) is 10.7. The number of aliphatic carboxylic acids is 1. The molecule has 20 heavy (non-hydrogen) atoms. The number of carboxylic acids is 1. The first-order valence-corrected chi connectivity index (χ1v) is 5.48. The van der Waals surface area contributed by atoms with Crippen LogP contribution in [0.2, 0.25) is 0 Å². The molecule has 1 heterocycles. The Balaban J connectivity index is 0.000000441. The highest BCUT2D eigenvalue weighted by atomic mass is 19.4. The molecule has 10 heteroatoms. The SMILES string of the molecule is CC(=O)O[C@H]1C[NH2+]C[C@@H]1OC(C)=O.O=C([O-])C(F)(F)F. The van der Waals surface area contributed by atoms with Crippen LogP contribution in [0.25, 0.3) is 0 Å². The average molecular weight is 301 g/mol. The third-order valence-electron chi connectivity index (χ3n) is 2.08. The number of esters is 2. The number of quaternary nitrogens is 1. The Morgan fingerprint density at radius 1 is 1.05 bits per heavy atom. The Hall–Kier alpha value is -1.84. The molecule has 0 aromatic heterocycles. The number of carboxylic acid groups (broad SMARTS) is 1. The number of carbonyl (C=O) groups is 3. The molecule has 116 valence electrons. The minimum absolute atomic E-state index is 0.290. The van der Waals surface area contributed by atoms with Crippen molar-refractivity contribution in [3.63, 3.8) is 0 Å². The molecule has 7 nitrogen and oxygen atoms in total. The van der Waals surface area contributed by atoms with Gasteiger partial charge in [0.15, 0.2) is 12.2 Å². The van der Waals surface area contributed by atoms with Gasteiger partial charge in [0.25, 0.3) is 0 Å². The molecule has 1 aliphatic heterocycles. The second-order valence-electron chi connectivity index (χ2n) is 3.84. The number of hydrogen-bond acceptors (Lipinski definition) is 6. The zero-order valence-electron chi connectivity index (χ0n) is 10.7. The van der Waals surface area contributed by atoms with Gasteiger partial charge in [0, 0.05) is 13.8 Å². The highest BCUT2D eigenvalue weighted by Crippen LogP contribution is 2.11. The Morgan fingerprint density at radius 3 is 1.55 bits per heavy atom. The quantitative estimate of drug-likeness (QED) is 0.576. The van der Waals surface area contributed by atoms with Crippen molar-refractivity contribution in [3.8, 4) is 0 Å². The lowest BCUT2D eigenvalue weighted by Crippen LogP contribution is -2.82. The van der Waals surface area contributed by atoms with E-state index in [0.717, 1.165) is 0 Å². The standard InChI is InChI=1S/C8H13NO4.C2HF3O2/c1-5(10)12-7-3-9-4-8(7)13-6(2)11;3-2(4,5)1(6)7/h7-9H,3-4H2,1-2H3;(H,6,7)/t7-,8-;/m0./s1. The molecule has 1 aliphatic rings. The van der Waals surface area contributed by atoms with Crippen LogP contribution in [-0.4, -0.2) is 49.4 Å². The summed E-state index contributed by atoms with van der Waals surface area (Å²) >= 11 is 0. The topological polar surface area (TPSA) is 109 Å². The summed E-state index contributed by atoms with van der Waals surface area (Å²) in [6, 6.07) is 0. The van der Waals surface area contributed by atoms with Crippen LogP contribution in [0.15, 0.2) is 0 Å². The van der Waals surface area contributed by atoms with Crippen LogP contribution in [0.3, 0.4) is 0 Å². The van der Waals surface area contributed by atoms with Crippen LogP contribution < -0.4 is 10.4 Å². The summed E-state index contributed by atoms with van der Waals surface area (Å²) < 4.78 is 41.5. The molecule has 0 radical (unpaired) electrons. The van der Waals surface area contributed by atoms with Crippen molar-refractivity contribution in [2.45, 2.75) is 32.2 Å². The monoisotopic (exact) mass is 301 g/mol. The fourth-order valence-electron chi connectivity index (χ4n) is 1.40. The van der Waals surface area contributed by atoms with Crippen LogP contribution >= 0.6 is 0 Å². The molecule has 2 atom stereocenters. The molecule has 2 N–H and O–H groups in total. The fourth-order valence-corrected chi connectivity index (χ4v) is 1.40. The zero-order valence-corrected chi connectivity index (χ0v) is 10.7. The second-order valence-corrected chi connectivity index (χ2v) is 3.84. The van der Waals surface area contributed by atoms with E-state index in [4.69, 9.17) is 19.4 Å². The van der Waals surface area contributed by atoms with Crippen LogP contribution in [-0.2, 0) is 23.9 Å². The lowest BCUT2D eigenvalue weighted by Gasteiger charge is -2.15. The van der Waals surface area contributed by atoms with Crippen molar-refractivity contribution >= 4 is 17.9 Å². The molecular formula is C10H14F3NO6. The number of halogens is 3. The second kappa shape index (κ2) is 7.68. The maximum absolute atomic E-state index is 10.7. The van der Waals surface area contributed by atoms with Gasteiger partial charge in [-0.15, -0.1) is 0 Å². The average Bonchev–Trinajstić information content (AvgIpc) is 2.63. The molecule has 0 aromatic carbocycles. The van der Waals surface area contributed by atoms with E-state index < -0.39 is 12.1 Å². The number of alkyl halides is 3. The van der Waals surface area contributed by atoms with Crippen molar-refractivity contribution in [1.82, 2.24) is 0 Å². The molecular weight excluding hydrogens is 287 g/mol. The van der Waals surface area contributed by atoms with Crippen molar-refractivity contribution in [2.75, 3.05) is 13.1 Å². The fraction of sp³-hybridized carbons (Fsp3) is 0.700. The normalized spacial score (nSPS) is 21.4. The van der Waals surface area contributed by atoms with E-state index in [0.29, 0.717) is 13.1 Å². The zero-order chi connectivity index (χ0) is 15.9. The third-order valence-corrected chi connectivity index (χ3v) is 2.08. The number of ether oxygens (including phenoxy) is 2. The Morgan fingerprint density at radius 2 is 1.35 bits per heavy atom. The van der Waals surface area contributed by atoms with Gasteiger partial charge in [0.1, 0.15) is 19.1 Å². The minimum atomic E-state index is -5.19. The van der Waals surface area contributed by atoms with Crippen LogP contribution in [0.1, 0.15) is 13.8 Å². The predicted octanol–water partition coefficient (Wildman–Crippen LogP) is -2.27. The lowest BCUT2D eigenvalue weighted by atomic mass is 10.2. The van der Waals surface area contributed by atoms with Crippen molar-refractivity contribution < 1.29 is 47.5 Å². The van der Waals surface area contributed by atoms with E-state index in [1.807, 2.05) is 5.32 Å². The van der Waals surface area contributed by atoms with Gasteiger partial charge < -0.3 is 24.7 Å². The first kappa shape index (κ1) is 18.2. The predicted molar refractivity (Wildman–Crippen MR) is 53.8 cm³/mol. The number of rotatable bonds is 2. The highest BCUT2D eigenvalue weighted by molar-refractivity contribution is 5.70. The van der Waals surface area contributed by atoms with Crippen molar-refractivity contribution in [3.05, 3.63) is 0 Å². The molecule has 1 fully saturated rings. The van der Waals surface area contributed by atoms with E-state index >= 15 is 0 Å².